The summed E-state index contributed by atoms with van der Waals surface area (Å²) in [5, 5.41) is 9.43. The van der Waals surface area contributed by atoms with Gasteiger partial charge in [0.2, 0.25) is 0 Å². The van der Waals surface area contributed by atoms with Gasteiger partial charge in [-0.1, -0.05) is 188 Å². The van der Waals surface area contributed by atoms with Gasteiger partial charge >= 0.3 is 0 Å². The van der Waals surface area contributed by atoms with E-state index in [1.807, 2.05) is 54.6 Å². The summed E-state index contributed by atoms with van der Waals surface area (Å²) < 4.78 is 12.9. The highest BCUT2D eigenvalue weighted by Crippen LogP contribution is 2.39. The summed E-state index contributed by atoms with van der Waals surface area (Å²) in [6, 6.07) is 79.0. The van der Waals surface area contributed by atoms with Gasteiger partial charge < -0.3 is 8.83 Å². The van der Waals surface area contributed by atoms with Gasteiger partial charge in [-0.2, -0.15) is 0 Å². The van der Waals surface area contributed by atoms with Gasteiger partial charge in [0, 0.05) is 38.2 Å². The summed E-state index contributed by atoms with van der Waals surface area (Å²) in [5.41, 5.74) is 8.17. The van der Waals surface area contributed by atoms with Crippen LogP contribution in [0.3, 0.4) is 0 Å². The average Bonchev–Trinajstić information content (AvgIpc) is 3.93. The Morgan fingerprint density at radius 3 is 1.37 bits per heavy atom. The molecule has 0 saturated carbocycles. The molecule has 12 aromatic rings. The lowest BCUT2D eigenvalue weighted by atomic mass is 9.98. The van der Waals surface area contributed by atoms with Crippen LogP contribution in [0.25, 0.3) is 89.2 Å². The largest absolute Gasteiger partial charge is 0.456 e. The van der Waals surface area contributed by atoms with Gasteiger partial charge in [0.25, 0.3) is 0 Å². The van der Waals surface area contributed by atoms with E-state index >= 15 is 0 Å². The topological polar surface area (TPSA) is 65.0 Å². The van der Waals surface area contributed by atoms with Crippen LogP contribution in [0, 0.1) is 0 Å². The Bertz CT molecular complexity index is 3530. The maximum absolute atomic E-state index is 6.68. The molecule has 5 nitrogen and oxygen atoms in total. The number of benzene rings is 9. The summed E-state index contributed by atoms with van der Waals surface area (Å²) in [7, 11) is -2.80. The number of nitrogens with zero attached hydrogens (tertiary/aromatic N) is 3. The Kier molecular flexibility index (Phi) is 8.76. The third-order valence-electron chi connectivity index (χ3n) is 12.3. The van der Waals surface area contributed by atoms with Crippen LogP contribution >= 0.6 is 0 Å². The lowest BCUT2D eigenvalue weighted by molar-refractivity contribution is 0.668. The minimum absolute atomic E-state index is 0.573. The molecular formula is C57H37N3O2Si. The summed E-state index contributed by atoms with van der Waals surface area (Å²) in [6.07, 6.45) is 0. The van der Waals surface area contributed by atoms with Crippen LogP contribution in [-0.4, -0.2) is 23.0 Å². The van der Waals surface area contributed by atoms with E-state index in [-0.39, 0.29) is 0 Å². The van der Waals surface area contributed by atoms with Crippen LogP contribution in [0.1, 0.15) is 0 Å². The molecule has 9 aromatic carbocycles. The number of rotatable bonds is 8. The Hall–Kier alpha value is -8.19. The SMILES string of the molecule is c1ccc(-c2nc(-c3cccc([Si](c4ccccc4)(c4ccccc4)c4ccccc4)c3)nc(-c3ccc4c(c3)oc3cc(-c5cccc6oc7ccccc7c56)ccc34)n2)cc1. The number of fused-ring (bicyclic) bond motifs is 6. The molecule has 63 heavy (non-hydrogen) atoms. The molecule has 12 rings (SSSR count). The van der Waals surface area contributed by atoms with Gasteiger partial charge in [-0.25, -0.2) is 15.0 Å². The predicted molar refractivity (Wildman–Crippen MR) is 260 cm³/mol. The summed E-state index contributed by atoms with van der Waals surface area (Å²) in [5.74, 6) is 1.78. The molecule has 3 heterocycles. The van der Waals surface area contributed by atoms with Crippen molar-refractivity contribution in [2.75, 3.05) is 0 Å². The first-order valence-corrected chi connectivity index (χ1v) is 23.2. The van der Waals surface area contributed by atoms with Gasteiger partial charge in [-0.05, 0) is 68.3 Å². The second-order valence-electron chi connectivity index (χ2n) is 15.9. The van der Waals surface area contributed by atoms with E-state index in [9.17, 15) is 0 Å². The molecule has 0 atom stereocenters. The Labute approximate surface area is 364 Å². The molecule has 0 saturated heterocycles. The highest BCUT2D eigenvalue weighted by atomic mass is 28.3. The van der Waals surface area contributed by atoms with E-state index in [4.69, 9.17) is 23.8 Å². The van der Waals surface area contributed by atoms with Crippen molar-refractivity contribution in [3.8, 4) is 45.3 Å². The van der Waals surface area contributed by atoms with Gasteiger partial charge in [0.05, 0.1) is 0 Å². The second-order valence-corrected chi connectivity index (χ2v) is 19.7. The molecule has 296 valence electrons. The maximum atomic E-state index is 6.68. The summed E-state index contributed by atoms with van der Waals surface area (Å²) in [6.45, 7) is 0. The average molecular weight is 824 g/mol. The molecule has 0 bridgehead atoms. The first-order chi connectivity index (χ1) is 31.2. The van der Waals surface area contributed by atoms with Gasteiger partial charge in [0.1, 0.15) is 22.3 Å². The fourth-order valence-corrected chi connectivity index (χ4v) is 14.2. The first kappa shape index (κ1) is 36.6. The molecule has 0 aliphatic heterocycles. The van der Waals surface area contributed by atoms with Crippen LogP contribution in [0.5, 0.6) is 0 Å². The zero-order valence-electron chi connectivity index (χ0n) is 34.0. The smallest absolute Gasteiger partial charge is 0.179 e. The number of para-hydroxylation sites is 1. The van der Waals surface area contributed by atoms with Crippen molar-refractivity contribution in [2.45, 2.75) is 0 Å². The number of aromatic nitrogens is 3. The van der Waals surface area contributed by atoms with Crippen LogP contribution < -0.4 is 20.7 Å². The van der Waals surface area contributed by atoms with E-state index < -0.39 is 8.07 Å². The summed E-state index contributed by atoms with van der Waals surface area (Å²) in [4.78, 5) is 15.5. The van der Waals surface area contributed by atoms with Crippen molar-refractivity contribution in [1.29, 1.82) is 0 Å². The van der Waals surface area contributed by atoms with Crippen LogP contribution in [-0.2, 0) is 0 Å². The lowest BCUT2D eigenvalue weighted by Gasteiger charge is -2.34. The van der Waals surface area contributed by atoms with Crippen LogP contribution in [0.4, 0.5) is 0 Å². The highest BCUT2D eigenvalue weighted by Gasteiger charge is 2.41. The van der Waals surface area contributed by atoms with E-state index in [1.165, 1.54) is 20.7 Å². The molecular weight excluding hydrogens is 787 g/mol. The highest BCUT2D eigenvalue weighted by molar-refractivity contribution is 7.19. The molecule has 0 aliphatic rings. The molecule has 0 N–H and O–H groups in total. The zero-order chi connectivity index (χ0) is 41.7. The van der Waals surface area contributed by atoms with Gasteiger partial charge in [0.15, 0.2) is 25.5 Å². The monoisotopic (exact) mass is 823 g/mol. The van der Waals surface area contributed by atoms with Crippen molar-refractivity contribution < 1.29 is 8.83 Å². The van der Waals surface area contributed by atoms with E-state index in [1.54, 1.807) is 0 Å². The van der Waals surface area contributed by atoms with E-state index in [0.717, 1.165) is 71.7 Å². The molecule has 0 aliphatic carbocycles. The normalized spacial score (nSPS) is 11.8. The molecule has 0 amide bonds. The fraction of sp³-hybridized carbons (Fsp3) is 0. The first-order valence-electron chi connectivity index (χ1n) is 21.2. The second kappa shape index (κ2) is 15.1. The Morgan fingerprint density at radius 1 is 0.286 bits per heavy atom. The van der Waals surface area contributed by atoms with Crippen molar-refractivity contribution in [2.24, 2.45) is 0 Å². The van der Waals surface area contributed by atoms with Crippen molar-refractivity contribution in [1.82, 2.24) is 15.0 Å². The molecule has 0 radical (unpaired) electrons. The molecule has 3 aromatic heterocycles. The third-order valence-corrected chi connectivity index (χ3v) is 17.1. The quantitative estimate of drug-likeness (QED) is 0.113. The summed E-state index contributed by atoms with van der Waals surface area (Å²) >= 11 is 0. The lowest BCUT2D eigenvalue weighted by Crippen LogP contribution is -2.74. The standard InChI is InChI=1S/C57H37N3O2Si/c1-5-17-38(18-6-1)55-58-56(40-19-15-26-45(35-40)63(42-20-7-2-8-21-42,43-22-9-3-10-23-43)44-24-11-4-12-25-44)60-57(59-55)41-32-34-48-47-33-31-39(36-52(47)62-53(48)37-41)46-28-16-30-51-54(46)49-27-13-14-29-50(49)61-51/h1-37H. The van der Waals surface area contributed by atoms with Crippen LogP contribution in [0.2, 0.25) is 0 Å². The Morgan fingerprint density at radius 2 is 0.730 bits per heavy atom. The van der Waals surface area contributed by atoms with Crippen molar-refractivity contribution in [3.05, 3.63) is 224 Å². The fourth-order valence-electron chi connectivity index (χ4n) is 9.41. The van der Waals surface area contributed by atoms with Gasteiger partial charge in [-0.15, -0.1) is 0 Å². The van der Waals surface area contributed by atoms with Crippen molar-refractivity contribution >= 4 is 72.7 Å². The molecule has 0 fully saturated rings. The van der Waals surface area contributed by atoms with Crippen LogP contribution in [0.15, 0.2) is 233 Å². The minimum atomic E-state index is -2.80. The number of furan rings is 2. The Balaban J connectivity index is 1.00. The molecule has 0 unspecified atom stereocenters. The number of hydrogen-bond acceptors (Lipinski definition) is 5. The third kappa shape index (κ3) is 6.18. The number of hydrogen-bond donors (Lipinski definition) is 0. The van der Waals surface area contributed by atoms with E-state index in [0.29, 0.717) is 17.5 Å². The van der Waals surface area contributed by atoms with Crippen molar-refractivity contribution in [3.63, 3.8) is 0 Å². The van der Waals surface area contributed by atoms with Gasteiger partial charge in [-0.3, -0.25) is 0 Å². The predicted octanol–water partition coefficient (Wildman–Crippen LogP) is 11.7. The molecule has 0 spiro atoms. The molecule has 6 heteroatoms. The maximum Gasteiger partial charge on any atom is 0.179 e. The minimum Gasteiger partial charge on any atom is -0.456 e. The van der Waals surface area contributed by atoms with E-state index in [2.05, 4.69) is 170 Å². The zero-order valence-corrected chi connectivity index (χ0v) is 35.0.